The Kier molecular flexibility index (Phi) is 3.33. The molecule has 0 saturated heterocycles. The SMILES string of the molecule is CC.CC1(C)c2ccccc2-c2c1ccc1ccccc21. The molecule has 0 spiro atoms. The third-order valence-corrected chi connectivity index (χ3v) is 4.47. The number of fused-ring (bicyclic) bond motifs is 5. The van der Waals surface area contributed by atoms with Crippen LogP contribution in [0, 0.1) is 0 Å². The Bertz CT molecular complexity index is 794. The van der Waals surface area contributed by atoms with Crippen LogP contribution in [0.2, 0.25) is 0 Å². The van der Waals surface area contributed by atoms with E-state index in [1.807, 2.05) is 13.8 Å². The van der Waals surface area contributed by atoms with Crippen LogP contribution in [0.1, 0.15) is 38.8 Å². The van der Waals surface area contributed by atoms with E-state index in [1.165, 1.54) is 33.0 Å². The molecule has 0 heterocycles. The highest BCUT2D eigenvalue weighted by molar-refractivity contribution is 6.02. The van der Waals surface area contributed by atoms with Gasteiger partial charge < -0.3 is 0 Å². The summed E-state index contributed by atoms with van der Waals surface area (Å²) in [7, 11) is 0. The van der Waals surface area contributed by atoms with Gasteiger partial charge in [-0.15, -0.1) is 0 Å². The van der Waals surface area contributed by atoms with Gasteiger partial charge in [-0.25, -0.2) is 0 Å². The fraction of sp³-hybridized carbons (Fsp3) is 0.238. The Morgan fingerprint density at radius 2 is 1.33 bits per heavy atom. The monoisotopic (exact) mass is 274 g/mol. The lowest BCUT2D eigenvalue weighted by atomic mass is 9.82. The Hall–Kier alpha value is -2.08. The fourth-order valence-electron chi connectivity index (χ4n) is 3.47. The zero-order valence-corrected chi connectivity index (χ0v) is 13.3. The van der Waals surface area contributed by atoms with Crippen molar-refractivity contribution in [2.24, 2.45) is 0 Å². The average molecular weight is 274 g/mol. The summed E-state index contributed by atoms with van der Waals surface area (Å²) < 4.78 is 0. The van der Waals surface area contributed by atoms with Crippen molar-refractivity contribution in [3.05, 3.63) is 71.8 Å². The van der Waals surface area contributed by atoms with E-state index in [2.05, 4.69) is 74.5 Å². The van der Waals surface area contributed by atoms with Crippen molar-refractivity contribution < 1.29 is 0 Å². The molecule has 1 aliphatic rings. The predicted molar refractivity (Wildman–Crippen MR) is 92.9 cm³/mol. The predicted octanol–water partition coefficient (Wildman–Crippen LogP) is 6.17. The van der Waals surface area contributed by atoms with Gasteiger partial charge in [0.2, 0.25) is 0 Å². The molecule has 0 aliphatic heterocycles. The van der Waals surface area contributed by atoms with Crippen molar-refractivity contribution in [1.29, 1.82) is 0 Å². The van der Waals surface area contributed by atoms with Gasteiger partial charge in [-0.3, -0.25) is 0 Å². The van der Waals surface area contributed by atoms with Crippen molar-refractivity contribution in [3.8, 4) is 11.1 Å². The first-order chi connectivity index (χ1) is 10.2. The Balaban J connectivity index is 0.000000636. The smallest absolute Gasteiger partial charge is 0.0159 e. The highest BCUT2D eigenvalue weighted by atomic mass is 14.4. The average Bonchev–Trinajstić information content (AvgIpc) is 2.78. The van der Waals surface area contributed by atoms with Gasteiger partial charge in [-0.2, -0.15) is 0 Å². The number of hydrogen-bond donors (Lipinski definition) is 0. The van der Waals surface area contributed by atoms with Crippen molar-refractivity contribution in [1.82, 2.24) is 0 Å². The molecule has 0 N–H and O–H groups in total. The molecule has 1 aliphatic carbocycles. The summed E-state index contributed by atoms with van der Waals surface area (Å²) in [5, 5.41) is 2.70. The molecule has 0 amide bonds. The van der Waals surface area contributed by atoms with E-state index in [9.17, 15) is 0 Å². The minimum atomic E-state index is 0.107. The van der Waals surface area contributed by atoms with E-state index in [0.717, 1.165) is 0 Å². The molecule has 0 aromatic heterocycles. The van der Waals surface area contributed by atoms with Crippen LogP contribution in [0.25, 0.3) is 21.9 Å². The molecule has 0 unspecified atom stereocenters. The Morgan fingerprint density at radius 1 is 0.667 bits per heavy atom. The molecule has 0 fully saturated rings. The minimum Gasteiger partial charge on any atom is -0.0683 e. The largest absolute Gasteiger partial charge is 0.0683 e. The summed E-state index contributed by atoms with van der Waals surface area (Å²) in [5.74, 6) is 0. The molecule has 3 aromatic rings. The van der Waals surface area contributed by atoms with Gasteiger partial charge in [0.1, 0.15) is 0 Å². The van der Waals surface area contributed by atoms with Crippen LogP contribution in [0.5, 0.6) is 0 Å². The van der Waals surface area contributed by atoms with Crippen LogP contribution in [-0.2, 0) is 5.41 Å². The van der Waals surface area contributed by atoms with Crippen LogP contribution in [0.15, 0.2) is 60.7 Å². The van der Waals surface area contributed by atoms with Gasteiger partial charge in [0, 0.05) is 5.41 Å². The van der Waals surface area contributed by atoms with Gasteiger partial charge >= 0.3 is 0 Å². The van der Waals surface area contributed by atoms with E-state index in [4.69, 9.17) is 0 Å². The molecule has 0 atom stereocenters. The van der Waals surface area contributed by atoms with E-state index in [1.54, 1.807) is 0 Å². The second-order valence-corrected chi connectivity index (χ2v) is 5.88. The normalized spacial score (nSPS) is 14.1. The highest BCUT2D eigenvalue weighted by Crippen LogP contribution is 2.50. The van der Waals surface area contributed by atoms with Crippen LogP contribution < -0.4 is 0 Å². The van der Waals surface area contributed by atoms with E-state index < -0.39 is 0 Å². The third-order valence-electron chi connectivity index (χ3n) is 4.47. The highest BCUT2D eigenvalue weighted by Gasteiger charge is 2.35. The van der Waals surface area contributed by atoms with E-state index >= 15 is 0 Å². The summed E-state index contributed by atoms with van der Waals surface area (Å²) >= 11 is 0. The van der Waals surface area contributed by atoms with Crippen LogP contribution in [0.3, 0.4) is 0 Å². The topological polar surface area (TPSA) is 0 Å². The second kappa shape index (κ2) is 5.04. The molecule has 0 radical (unpaired) electrons. The van der Waals surface area contributed by atoms with Gasteiger partial charge in [0.15, 0.2) is 0 Å². The van der Waals surface area contributed by atoms with Gasteiger partial charge in [-0.1, -0.05) is 88.4 Å². The molecule has 21 heavy (non-hydrogen) atoms. The van der Waals surface area contributed by atoms with Gasteiger partial charge in [-0.05, 0) is 33.0 Å². The fourth-order valence-corrected chi connectivity index (χ4v) is 3.47. The van der Waals surface area contributed by atoms with E-state index in [-0.39, 0.29) is 5.41 Å². The Morgan fingerprint density at radius 3 is 2.14 bits per heavy atom. The van der Waals surface area contributed by atoms with Crippen LogP contribution in [0.4, 0.5) is 0 Å². The third kappa shape index (κ3) is 1.90. The zero-order valence-electron chi connectivity index (χ0n) is 13.3. The lowest BCUT2D eigenvalue weighted by Gasteiger charge is -2.21. The molecular formula is C21H22. The summed E-state index contributed by atoms with van der Waals surface area (Å²) in [5.41, 5.74) is 5.84. The van der Waals surface area contributed by atoms with Crippen molar-refractivity contribution in [2.45, 2.75) is 33.1 Å². The molecule has 0 bridgehead atoms. The Labute approximate surface area is 127 Å². The molecule has 0 saturated carbocycles. The van der Waals surface area contributed by atoms with Gasteiger partial charge in [0.25, 0.3) is 0 Å². The summed E-state index contributed by atoms with van der Waals surface area (Å²) in [4.78, 5) is 0. The number of hydrogen-bond acceptors (Lipinski definition) is 0. The van der Waals surface area contributed by atoms with Gasteiger partial charge in [0.05, 0.1) is 0 Å². The lowest BCUT2D eigenvalue weighted by Crippen LogP contribution is -2.14. The number of benzene rings is 3. The summed E-state index contributed by atoms with van der Waals surface area (Å²) in [6.07, 6.45) is 0. The first-order valence-corrected chi connectivity index (χ1v) is 7.82. The molecular weight excluding hydrogens is 252 g/mol. The molecule has 4 rings (SSSR count). The van der Waals surface area contributed by atoms with Crippen LogP contribution >= 0.6 is 0 Å². The van der Waals surface area contributed by atoms with E-state index in [0.29, 0.717) is 0 Å². The zero-order chi connectivity index (χ0) is 15.0. The minimum absolute atomic E-state index is 0.107. The number of rotatable bonds is 0. The maximum atomic E-state index is 2.33. The van der Waals surface area contributed by atoms with Crippen molar-refractivity contribution in [2.75, 3.05) is 0 Å². The quantitative estimate of drug-likeness (QED) is 0.459. The summed E-state index contributed by atoms with van der Waals surface area (Å²) in [6, 6.07) is 22.1. The van der Waals surface area contributed by atoms with Crippen molar-refractivity contribution in [3.63, 3.8) is 0 Å². The first-order valence-electron chi connectivity index (χ1n) is 7.82. The standard InChI is InChI=1S/C19H16.C2H6/c1-19(2)16-10-6-5-9-15(16)18-14-8-4-3-7-13(14)11-12-17(18)19;1-2/h3-12H,1-2H3;1-2H3. The molecule has 106 valence electrons. The lowest BCUT2D eigenvalue weighted by molar-refractivity contribution is 0.661. The first kappa shape index (κ1) is 13.9. The molecule has 3 aromatic carbocycles. The van der Waals surface area contributed by atoms with Crippen molar-refractivity contribution >= 4 is 10.8 Å². The maximum absolute atomic E-state index is 2.33. The maximum Gasteiger partial charge on any atom is 0.0159 e. The van der Waals surface area contributed by atoms with Crippen LogP contribution in [-0.4, -0.2) is 0 Å². The summed E-state index contributed by atoms with van der Waals surface area (Å²) in [6.45, 7) is 8.65. The second-order valence-electron chi connectivity index (χ2n) is 5.88. The molecule has 0 heteroatoms. The molecule has 0 nitrogen and oxygen atoms in total.